The minimum Gasteiger partial charge on any atom is -0.479 e. The molecule has 0 amide bonds. The SMILES string of the molecule is CCCCCCCCCC[C@H](C)[C@@H](O)[C@@H](C)/C=C(C)/C=C(\C)C(=O)[C@H](C)/C=C(\C)C(=O)O[C@H](CO)[C@@H](O)[C@@H](O)C(=O)O. The first-order valence-electron chi connectivity index (χ1n) is 15.4. The largest absolute Gasteiger partial charge is 0.479 e. The van der Waals surface area contributed by atoms with Crippen molar-refractivity contribution in [2.75, 3.05) is 6.61 Å². The Labute approximate surface area is 252 Å². The van der Waals surface area contributed by atoms with Gasteiger partial charge < -0.3 is 30.3 Å². The zero-order valence-electron chi connectivity index (χ0n) is 26.7. The van der Waals surface area contributed by atoms with Gasteiger partial charge >= 0.3 is 11.9 Å². The van der Waals surface area contributed by atoms with Crippen LogP contribution in [0.4, 0.5) is 0 Å². The van der Waals surface area contributed by atoms with Crippen LogP contribution in [0.25, 0.3) is 0 Å². The number of rotatable bonds is 22. The molecule has 0 bridgehead atoms. The van der Waals surface area contributed by atoms with Crippen LogP contribution >= 0.6 is 0 Å². The number of aliphatic hydroxyl groups excluding tert-OH is 4. The third kappa shape index (κ3) is 15.2. The second-order valence-corrected chi connectivity index (χ2v) is 11.7. The standard InChI is InChI=1S/C33H56O9/c1-8-9-10-11-12-13-14-15-16-22(3)28(35)23(4)17-21(2)18-24(5)29(36)25(6)19-26(7)33(41)42-27(20-34)30(37)31(38)32(39)40/h17-19,22-23,25,27-28,30-31,34-35,37-38H,8-16,20H2,1-7H3,(H,39,40)/b21-17+,24-18+,26-19+/t22-,23-,25+,27+,28+,30+,31+/m0/s1. The van der Waals surface area contributed by atoms with Crippen LogP contribution in [0.2, 0.25) is 0 Å². The molecule has 42 heavy (non-hydrogen) atoms. The fraction of sp³-hybridized carbons (Fsp3) is 0.727. The molecule has 0 heterocycles. The predicted octanol–water partition coefficient (Wildman–Crippen LogP) is 4.90. The molecular weight excluding hydrogens is 540 g/mol. The molecule has 242 valence electrons. The van der Waals surface area contributed by atoms with E-state index < -0.39 is 48.9 Å². The van der Waals surface area contributed by atoms with Gasteiger partial charge in [0.25, 0.3) is 0 Å². The Hall–Kier alpha value is -2.33. The first kappa shape index (κ1) is 39.7. The highest BCUT2D eigenvalue weighted by atomic mass is 16.6. The number of carbonyl (C=O) groups excluding carboxylic acids is 2. The summed E-state index contributed by atoms with van der Waals surface area (Å²) in [6.45, 7) is 11.9. The number of unbranched alkanes of at least 4 members (excludes halogenated alkanes) is 7. The number of hydrogen-bond acceptors (Lipinski definition) is 8. The van der Waals surface area contributed by atoms with Crippen molar-refractivity contribution in [3.63, 3.8) is 0 Å². The summed E-state index contributed by atoms with van der Waals surface area (Å²) in [5.41, 5.74) is 1.33. The van der Waals surface area contributed by atoms with Crippen molar-refractivity contribution in [1.29, 1.82) is 0 Å². The second-order valence-electron chi connectivity index (χ2n) is 11.7. The van der Waals surface area contributed by atoms with Gasteiger partial charge in [-0.3, -0.25) is 4.79 Å². The average molecular weight is 597 g/mol. The van der Waals surface area contributed by atoms with E-state index in [0.717, 1.165) is 18.4 Å². The predicted molar refractivity (Wildman–Crippen MR) is 164 cm³/mol. The smallest absolute Gasteiger partial charge is 0.335 e. The summed E-state index contributed by atoms with van der Waals surface area (Å²) in [5.74, 6) is -3.54. The van der Waals surface area contributed by atoms with E-state index in [0.29, 0.717) is 5.57 Å². The summed E-state index contributed by atoms with van der Waals surface area (Å²) in [7, 11) is 0. The van der Waals surface area contributed by atoms with Crippen molar-refractivity contribution in [3.05, 3.63) is 34.9 Å². The molecule has 0 aromatic heterocycles. The van der Waals surface area contributed by atoms with Crippen molar-refractivity contribution >= 4 is 17.7 Å². The molecular formula is C33H56O9. The lowest BCUT2D eigenvalue weighted by Gasteiger charge is -2.23. The third-order valence-corrected chi connectivity index (χ3v) is 7.62. The Bertz CT molecular complexity index is 920. The summed E-state index contributed by atoms with van der Waals surface area (Å²) in [4.78, 5) is 36.2. The quantitative estimate of drug-likeness (QED) is 0.0506. The van der Waals surface area contributed by atoms with Gasteiger partial charge in [0.05, 0.1) is 12.7 Å². The first-order chi connectivity index (χ1) is 19.7. The minimum atomic E-state index is -2.24. The molecule has 0 radical (unpaired) electrons. The number of aliphatic hydroxyl groups is 4. The van der Waals surface area contributed by atoms with E-state index in [1.807, 2.05) is 19.9 Å². The third-order valence-electron chi connectivity index (χ3n) is 7.62. The highest BCUT2D eigenvalue weighted by Crippen LogP contribution is 2.23. The molecule has 7 atom stereocenters. The van der Waals surface area contributed by atoms with Gasteiger partial charge in [0.1, 0.15) is 6.10 Å². The number of allylic oxidation sites excluding steroid dienone is 4. The Morgan fingerprint density at radius 3 is 1.86 bits per heavy atom. The van der Waals surface area contributed by atoms with E-state index in [1.54, 1.807) is 19.9 Å². The molecule has 0 rings (SSSR count). The molecule has 0 aliphatic carbocycles. The van der Waals surface area contributed by atoms with Gasteiger partial charge in [-0.05, 0) is 38.7 Å². The summed E-state index contributed by atoms with van der Waals surface area (Å²) in [6, 6.07) is 0. The number of aliphatic carboxylic acids is 1. The molecule has 0 aromatic carbocycles. The zero-order valence-corrected chi connectivity index (χ0v) is 26.7. The van der Waals surface area contributed by atoms with Crippen LogP contribution < -0.4 is 0 Å². The van der Waals surface area contributed by atoms with E-state index in [-0.39, 0.29) is 23.2 Å². The van der Waals surface area contributed by atoms with Crippen LogP contribution in [0.5, 0.6) is 0 Å². The number of carboxylic acids is 1. The number of ketones is 1. The summed E-state index contributed by atoms with van der Waals surface area (Å²) >= 11 is 0. The van der Waals surface area contributed by atoms with Crippen molar-refractivity contribution < 1.29 is 44.7 Å². The molecule has 0 aromatic rings. The fourth-order valence-electron chi connectivity index (χ4n) is 4.94. The topological polar surface area (TPSA) is 162 Å². The molecule has 5 N–H and O–H groups in total. The summed E-state index contributed by atoms with van der Waals surface area (Å²) in [5, 5.41) is 48.3. The zero-order chi connectivity index (χ0) is 32.4. The first-order valence-corrected chi connectivity index (χ1v) is 15.4. The van der Waals surface area contributed by atoms with Gasteiger partial charge in [0.15, 0.2) is 18.0 Å². The van der Waals surface area contributed by atoms with Gasteiger partial charge in [-0.15, -0.1) is 0 Å². The highest BCUT2D eigenvalue weighted by molar-refractivity contribution is 5.99. The number of carboxylic acid groups (broad SMARTS) is 1. The molecule has 0 saturated heterocycles. The molecule has 9 heteroatoms. The van der Waals surface area contributed by atoms with Gasteiger partial charge in [-0.2, -0.15) is 0 Å². The Balaban J connectivity index is 5.02. The average Bonchev–Trinajstić information content (AvgIpc) is 2.94. The number of hydrogen-bond donors (Lipinski definition) is 5. The molecule has 0 fully saturated rings. The van der Waals surface area contributed by atoms with Crippen LogP contribution in [-0.2, 0) is 19.1 Å². The number of esters is 1. The normalized spacial score (nSPS) is 18.0. The second kappa shape index (κ2) is 21.4. The minimum absolute atomic E-state index is 0.0219. The molecule has 0 spiro atoms. The van der Waals surface area contributed by atoms with Crippen LogP contribution in [0.3, 0.4) is 0 Å². The maximum absolute atomic E-state index is 12.9. The van der Waals surface area contributed by atoms with Crippen molar-refractivity contribution in [3.8, 4) is 0 Å². The summed E-state index contributed by atoms with van der Waals surface area (Å²) in [6.07, 6.45) is 9.68. The van der Waals surface area contributed by atoms with Crippen molar-refractivity contribution in [1.82, 2.24) is 0 Å². The van der Waals surface area contributed by atoms with Gasteiger partial charge in [0, 0.05) is 17.4 Å². The van der Waals surface area contributed by atoms with E-state index >= 15 is 0 Å². The lowest BCUT2D eigenvalue weighted by atomic mass is 9.88. The molecule has 0 unspecified atom stereocenters. The number of ether oxygens (including phenoxy) is 1. The highest BCUT2D eigenvalue weighted by Gasteiger charge is 2.34. The number of Topliss-reactive ketones (excluding diaryl/α,β-unsaturated/α-hetero) is 1. The molecule has 0 saturated carbocycles. The Morgan fingerprint density at radius 1 is 0.786 bits per heavy atom. The van der Waals surface area contributed by atoms with Gasteiger partial charge in [-0.25, -0.2) is 9.59 Å². The Kier molecular flexibility index (Phi) is 20.2. The molecule has 0 aliphatic rings. The lowest BCUT2D eigenvalue weighted by Crippen LogP contribution is -2.46. The monoisotopic (exact) mass is 596 g/mol. The number of carbonyl (C=O) groups is 3. The van der Waals surface area contributed by atoms with Crippen LogP contribution in [-0.4, -0.2) is 74.3 Å². The molecule has 9 nitrogen and oxygen atoms in total. The van der Waals surface area contributed by atoms with Gasteiger partial charge in [-0.1, -0.05) is 103 Å². The lowest BCUT2D eigenvalue weighted by molar-refractivity contribution is -0.171. The van der Waals surface area contributed by atoms with E-state index in [9.17, 15) is 34.8 Å². The van der Waals surface area contributed by atoms with Crippen molar-refractivity contribution in [2.45, 2.75) is 131 Å². The van der Waals surface area contributed by atoms with Crippen molar-refractivity contribution in [2.24, 2.45) is 17.8 Å². The van der Waals surface area contributed by atoms with E-state index in [2.05, 4.69) is 13.8 Å². The summed E-state index contributed by atoms with van der Waals surface area (Å²) < 4.78 is 4.95. The Morgan fingerprint density at radius 2 is 1.33 bits per heavy atom. The van der Waals surface area contributed by atoms with E-state index in [1.165, 1.54) is 57.9 Å². The maximum atomic E-state index is 12.9. The maximum Gasteiger partial charge on any atom is 0.335 e. The molecule has 0 aliphatic heterocycles. The fourth-order valence-corrected chi connectivity index (χ4v) is 4.94. The van der Waals surface area contributed by atoms with Crippen LogP contribution in [0.15, 0.2) is 34.9 Å². The van der Waals surface area contributed by atoms with Crippen LogP contribution in [0, 0.1) is 17.8 Å². The van der Waals surface area contributed by atoms with Crippen LogP contribution in [0.1, 0.15) is 106 Å². The van der Waals surface area contributed by atoms with Gasteiger partial charge in [0.2, 0.25) is 0 Å². The van der Waals surface area contributed by atoms with E-state index in [4.69, 9.17) is 9.84 Å².